The number of methoxy groups -OCH3 is 1. The lowest BCUT2D eigenvalue weighted by molar-refractivity contribution is -0.315. The first-order valence-electron chi connectivity index (χ1n) is 17.7. The van der Waals surface area contributed by atoms with Crippen molar-refractivity contribution in [2.75, 3.05) is 13.7 Å². The minimum atomic E-state index is -1.49. The second-order valence-corrected chi connectivity index (χ2v) is 15.3. The van der Waals surface area contributed by atoms with Crippen molar-refractivity contribution in [1.82, 2.24) is 0 Å². The fourth-order valence-corrected chi connectivity index (χ4v) is 10.5. The zero-order valence-corrected chi connectivity index (χ0v) is 29.7. The molecule has 1 aliphatic heterocycles. The highest BCUT2D eigenvalue weighted by Gasteiger charge is 2.62. The first kappa shape index (κ1) is 37.2. The van der Waals surface area contributed by atoms with E-state index in [0.29, 0.717) is 30.1 Å². The molecule has 0 N–H and O–H groups in total. The van der Waals surface area contributed by atoms with Crippen molar-refractivity contribution in [3.63, 3.8) is 0 Å². The molecule has 5 fully saturated rings. The highest BCUT2D eigenvalue weighted by molar-refractivity contribution is 5.85. The Kier molecular flexibility index (Phi) is 11.1. The van der Waals surface area contributed by atoms with E-state index < -0.39 is 60.6 Å². The number of hydrogen-bond acceptors (Lipinski definition) is 13. The Morgan fingerprint density at radius 1 is 0.694 bits per heavy atom. The van der Waals surface area contributed by atoms with E-state index >= 15 is 0 Å². The molecule has 0 aromatic rings. The Morgan fingerprint density at radius 2 is 1.31 bits per heavy atom. The molecule has 5 rings (SSSR count). The fraction of sp³-hybridized carbons (Fsp3) is 0.833. The number of rotatable bonds is 9. The number of hydrogen-bond donors (Lipinski definition) is 0. The molecule has 0 unspecified atom stereocenters. The van der Waals surface area contributed by atoms with Crippen LogP contribution < -0.4 is 0 Å². The molecule has 13 nitrogen and oxygen atoms in total. The summed E-state index contributed by atoms with van der Waals surface area (Å²) >= 11 is 0. The van der Waals surface area contributed by atoms with Gasteiger partial charge in [-0.05, 0) is 92.3 Å². The Bertz CT molecular complexity index is 1310. The standard InChI is InChI=1S/C36H52O13/c1-18(37)44-17-28(41)27-11-10-25-24-9-8-22-16-23(12-14-35(22,5)26(24)13-15-36(25,27)6)48-34-32(47-21(4)40)30(46-20(3)39)29(45-19(2)38)31(49-34)33(42)43-7/h22-27,29-32,34H,8-17H2,1-7H3/t22-,23-,24+,25-,26+,27-,29+,30+,31-,32-,34-,35-,36+/m1/s1. The molecule has 13 atom stereocenters. The van der Waals surface area contributed by atoms with Gasteiger partial charge in [-0.2, -0.15) is 0 Å². The van der Waals surface area contributed by atoms with Gasteiger partial charge in [-0.15, -0.1) is 0 Å². The topological polar surface area (TPSA) is 167 Å². The summed E-state index contributed by atoms with van der Waals surface area (Å²) < 4.78 is 39.0. The predicted molar refractivity (Wildman–Crippen MR) is 169 cm³/mol. The summed E-state index contributed by atoms with van der Waals surface area (Å²) in [5.41, 5.74) is -0.0213. The summed E-state index contributed by atoms with van der Waals surface area (Å²) in [4.78, 5) is 73.8. The van der Waals surface area contributed by atoms with Gasteiger partial charge >= 0.3 is 29.8 Å². The van der Waals surface area contributed by atoms with E-state index in [9.17, 15) is 28.8 Å². The number of carbonyl (C=O) groups excluding carboxylic acids is 6. The van der Waals surface area contributed by atoms with Gasteiger partial charge in [0.15, 0.2) is 36.5 Å². The average molecular weight is 693 g/mol. The van der Waals surface area contributed by atoms with E-state index in [1.165, 1.54) is 13.8 Å². The Balaban J connectivity index is 1.31. The molecule has 0 bridgehead atoms. The Hall–Kier alpha value is -3.06. The highest BCUT2D eigenvalue weighted by Crippen LogP contribution is 2.67. The Morgan fingerprint density at radius 3 is 1.94 bits per heavy atom. The zero-order chi connectivity index (χ0) is 35.8. The summed E-state index contributed by atoms with van der Waals surface area (Å²) in [6.45, 7) is 9.35. The minimum absolute atomic E-state index is 0.0396. The molecule has 0 aromatic carbocycles. The van der Waals surface area contributed by atoms with Gasteiger partial charge in [0.2, 0.25) is 0 Å². The van der Waals surface area contributed by atoms with E-state index in [-0.39, 0.29) is 35.2 Å². The van der Waals surface area contributed by atoms with Crippen LogP contribution in [-0.4, -0.2) is 86.2 Å². The lowest BCUT2D eigenvalue weighted by Crippen LogP contribution is -2.64. The maximum absolute atomic E-state index is 13.2. The van der Waals surface area contributed by atoms with Crippen molar-refractivity contribution in [2.24, 2.45) is 40.4 Å². The van der Waals surface area contributed by atoms with Gasteiger partial charge in [-0.3, -0.25) is 24.0 Å². The van der Waals surface area contributed by atoms with E-state index in [4.69, 9.17) is 33.2 Å². The first-order valence-corrected chi connectivity index (χ1v) is 17.7. The van der Waals surface area contributed by atoms with Crippen LogP contribution >= 0.6 is 0 Å². The van der Waals surface area contributed by atoms with Gasteiger partial charge in [-0.1, -0.05) is 13.8 Å². The molecular formula is C36H52O13. The second-order valence-electron chi connectivity index (χ2n) is 15.3. The van der Waals surface area contributed by atoms with Crippen molar-refractivity contribution >= 4 is 35.6 Å². The van der Waals surface area contributed by atoms with Crippen LogP contribution in [0.4, 0.5) is 0 Å². The van der Waals surface area contributed by atoms with Crippen molar-refractivity contribution in [3.8, 4) is 0 Å². The third kappa shape index (κ3) is 7.38. The summed E-state index contributed by atoms with van der Waals surface area (Å²) in [6.07, 6.45) is 1.01. The molecule has 49 heavy (non-hydrogen) atoms. The highest BCUT2D eigenvalue weighted by atomic mass is 16.7. The van der Waals surface area contributed by atoms with Crippen molar-refractivity contribution in [1.29, 1.82) is 0 Å². The van der Waals surface area contributed by atoms with Gasteiger partial charge < -0.3 is 33.2 Å². The Labute approximate surface area is 287 Å². The van der Waals surface area contributed by atoms with Crippen LogP contribution in [0.2, 0.25) is 0 Å². The molecule has 13 heteroatoms. The summed E-state index contributed by atoms with van der Waals surface area (Å²) in [5, 5.41) is 0. The summed E-state index contributed by atoms with van der Waals surface area (Å²) in [7, 11) is 1.16. The van der Waals surface area contributed by atoms with Crippen LogP contribution in [0.25, 0.3) is 0 Å². The molecule has 4 saturated carbocycles. The van der Waals surface area contributed by atoms with Crippen LogP contribution in [-0.2, 0) is 61.9 Å². The number of ketones is 1. The molecule has 1 heterocycles. The smallest absolute Gasteiger partial charge is 0.339 e. The largest absolute Gasteiger partial charge is 0.467 e. The van der Waals surface area contributed by atoms with Gasteiger partial charge in [0.05, 0.1) is 13.2 Å². The molecule has 4 aliphatic carbocycles. The van der Waals surface area contributed by atoms with Gasteiger partial charge in [0, 0.05) is 33.6 Å². The lowest BCUT2D eigenvalue weighted by atomic mass is 9.44. The van der Waals surface area contributed by atoms with Crippen molar-refractivity contribution in [3.05, 3.63) is 0 Å². The zero-order valence-electron chi connectivity index (χ0n) is 29.7. The number of fused-ring (bicyclic) bond motifs is 5. The first-order chi connectivity index (χ1) is 23.1. The maximum Gasteiger partial charge on any atom is 0.339 e. The molecule has 0 aromatic heterocycles. The van der Waals surface area contributed by atoms with Gasteiger partial charge in [0.1, 0.15) is 6.61 Å². The second kappa shape index (κ2) is 14.7. The van der Waals surface area contributed by atoms with Crippen molar-refractivity contribution in [2.45, 2.75) is 136 Å². The normalized spacial score (nSPS) is 41.2. The molecule has 0 spiro atoms. The van der Waals surface area contributed by atoms with Crippen LogP contribution in [0.3, 0.4) is 0 Å². The van der Waals surface area contributed by atoms with E-state index in [1.807, 2.05) is 0 Å². The number of ether oxygens (including phenoxy) is 7. The molecule has 0 amide bonds. The average Bonchev–Trinajstić information content (AvgIpc) is 3.39. The lowest BCUT2D eigenvalue weighted by Gasteiger charge is -2.61. The maximum atomic E-state index is 13.2. The summed E-state index contributed by atoms with van der Waals surface area (Å²) in [6, 6.07) is 0. The number of Topliss-reactive ketones (excluding diaryl/α,β-unsaturated/α-hetero) is 1. The fourth-order valence-electron chi connectivity index (χ4n) is 10.5. The number of esters is 5. The van der Waals surface area contributed by atoms with Crippen LogP contribution in [0.15, 0.2) is 0 Å². The molecule has 0 radical (unpaired) electrons. The number of carbonyl (C=O) groups is 6. The van der Waals surface area contributed by atoms with Gasteiger partial charge in [-0.25, -0.2) is 4.79 Å². The third-order valence-corrected chi connectivity index (χ3v) is 12.6. The monoisotopic (exact) mass is 692 g/mol. The third-order valence-electron chi connectivity index (χ3n) is 12.6. The summed E-state index contributed by atoms with van der Waals surface area (Å²) in [5.74, 6) is -1.71. The van der Waals surface area contributed by atoms with E-state index in [2.05, 4.69) is 13.8 Å². The molecule has 274 valence electrons. The molecule has 1 saturated heterocycles. The van der Waals surface area contributed by atoms with Crippen LogP contribution in [0.5, 0.6) is 0 Å². The van der Waals surface area contributed by atoms with E-state index in [1.54, 1.807) is 0 Å². The molecule has 5 aliphatic rings. The minimum Gasteiger partial charge on any atom is -0.467 e. The molecular weight excluding hydrogens is 640 g/mol. The van der Waals surface area contributed by atoms with Crippen molar-refractivity contribution < 1.29 is 61.9 Å². The quantitative estimate of drug-likeness (QED) is 0.194. The van der Waals surface area contributed by atoms with E-state index in [0.717, 1.165) is 72.3 Å². The van der Waals surface area contributed by atoms with Crippen LogP contribution in [0, 0.1) is 40.4 Å². The predicted octanol–water partition coefficient (Wildman–Crippen LogP) is 3.86. The van der Waals surface area contributed by atoms with Gasteiger partial charge in [0.25, 0.3) is 0 Å². The SMILES string of the molecule is COC(=O)[C@@H]1O[C@@H](O[C@@H]2CC[C@]3(C)[C@H](CC[C@H]4[C@H]5CC[C@H](C(=O)COC(C)=O)[C@@]5(C)CC[C@@H]43)C2)[C@H](OC(C)=O)[C@@H](OC(C)=O)[C@@H]1OC(C)=O. The van der Waals surface area contributed by atoms with Crippen LogP contribution in [0.1, 0.15) is 99.3 Å².